The van der Waals surface area contributed by atoms with Crippen molar-refractivity contribution in [1.29, 1.82) is 0 Å². The molecule has 0 radical (unpaired) electrons. The van der Waals surface area contributed by atoms with Crippen LogP contribution in [-0.4, -0.2) is 11.7 Å². The predicted octanol–water partition coefficient (Wildman–Crippen LogP) is 0.490. The number of hydrogen-bond donors (Lipinski definition) is 3. The van der Waals surface area contributed by atoms with Crippen LogP contribution in [0.3, 0.4) is 0 Å². The normalized spacial score (nSPS) is 12.9. The second kappa shape index (κ2) is 3.51. The largest absolute Gasteiger partial charge is 0.508 e. The number of hydrogen-bond acceptors (Lipinski definition) is 3. The van der Waals surface area contributed by atoms with Crippen molar-refractivity contribution in [2.24, 2.45) is 11.5 Å². The smallest absolute Gasteiger partial charge is 0.128 e. The quantitative estimate of drug-likeness (QED) is 0.604. The van der Waals surface area contributed by atoms with Crippen molar-refractivity contribution < 1.29 is 9.50 Å². The van der Waals surface area contributed by atoms with Gasteiger partial charge in [-0.1, -0.05) is 0 Å². The molecule has 66 valence electrons. The molecule has 5 N–H and O–H groups in total. The number of nitrogens with two attached hydrogens (primary N) is 2. The van der Waals surface area contributed by atoms with Crippen molar-refractivity contribution in [1.82, 2.24) is 0 Å². The lowest BCUT2D eigenvalue weighted by atomic mass is 10.1. The summed E-state index contributed by atoms with van der Waals surface area (Å²) in [6, 6.07) is 3.16. The summed E-state index contributed by atoms with van der Waals surface area (Å²) in [6.07, 6.45) is 0. The van der Waals surface area contributed by atoms with Gasteiger partial charge in [0, 0.05) is 18.2 Å². The minimum absolute atomic E-state index is 0.00435. The first-order valence-electron chi connectivity index (χ1n) is 3.59. The van der Waals surface area contributed by atoms with Crippen molar-refractivity contribution >= 4 is 0 Å². The first kappa shape index (κ1) is 8.96. The summed E-state index contributed by atoms with van der Waals surface area (Å²) < 4.78 is 13.0. The summed E-state index contributed by atoms with van der Waals surface area (Å²) in [5.41, 5.74) is 11.0. The molecule has 0 spiro atoms. The van der Waals surface area contributed by atoms with E-state index in [1.165, 1.54) is 18.2 Å². The molecule has 0 heterocycles. The van der Waals surface area contributed by atoms with Crippen molar-refractivity contribution in [3.05, 3.63) is 29.6 Å². The molecule has 1 atom stereocenters. The number of benzene rings is 1. The molecule has 3 nitrogen and oxygen atoms in total. The highest BCUT2D eigenvalue weighted by Crippen LogP contribution is 2.19. The van der Waals surface area contributed by atoms with Gasteiger partial charge in [-0.3, -0.25) is 0 Å². The van der Waals surface area contributed by atoms with Crippen molar-refractivity contribution in [2.75, 3.05) is 6.54 Å². The summed E-state index contributed by atoms with van der Waals surface area (Å²) in [5.74, 6) is -0.443. The Morgan fingerprint density at radius 2 is 2.17 bits per heavy atom. The van der Waals surface area contributed by atoms with E-state index in [0.29, 0.717) is 0 Å². The van der Waals surface area contributed by atoms with Gasteiger partial charge in [0.05, 0.1) is 0 Å². The number of phenolic OH excluding ortho intramolecular Hbond substituents is 1. The van der Waals surface area contributed by atoms with E-state index in [-0.39, 0.29) is 17.9 Å². The Morgan fingerprint density at radius 3 is 2.75 bits per heavy atom. The van der Waals surface area contributed by atoms with Crippen LogP contribution >= 0.6 is 0 Å². The van der Waals surface area contributed by atoms with Gasteiger partial charge in [-0.05, 0) is 18.2 Å². The number of rotatable bonds is 2. The third-order valence-corrected chi connectivity index (χ3v) is 1.63. The van der Waals surface area contributed by atoms with Crippen LogP contribution in [0.5, 0.6) is 5.75 Å². The molecule has 0 fully saturated rings. The van der Waals surface area contributed by atoms with Crippen LogP contribution in [0.15, 0.2) is 18.2 Å². The second-order valence-corrected chi connectivity index (χ2v) is 2.55. The Bertz CT molecular complexity index is 278. The van der Waals surface area contributed by atoms with E-state index in [4.69, 9.17) is 16.6 Å². The monoisotopic (exact) mass is 170 g/mol. The second-order valence-electron chi connectivity index (χ2n) is 2.55. The zero-order chi connectivity index (χ0) is 9.14. The van der Waals surface area contributed by atoms with Gasteiger partial charge in [-0.2, -0.15) is 0 Å². The van der Waals surface area contributed by atoms with Crippen LogP contribution in [0.1, 0.15) is 11.6 Å². The zero-order valence-electron chi connectivity index (χ0n) is 6.50. The first-order chi connectivity index (χ1) is 5.65. The Morgan fingerprint density at radius 1 is 1.50 bits per heavy atom. The molecule has 0 aliphatic rings. The molecule has 1 rings (SSSR count). The van der Waals surface area contributed by atoms with Gasteiger partial charge >= 0.3 is 0 Å². The Balaban J connectivity index is 3.04. The summed E-state index contributed by atoms with van der Waals surface area (Å²) in [5, 5.41) is 9.02. The van der Waals surface area contributed by atoms with Crippen LogP contribution in [-0.2, 0) is 0 Å². The van der Waals surface area contributed by atoms with E-state index in [1.54, 1.807) is 0 Å². The fraction of sp³-hybridized carbons (Fsp3) is 0.250. The maximum absolute atomic E-state index is 13.0. The maximum atomic E-state index is 13.0. The molecule has 0 aromatic heterocycles. The molecule has 0 amide bonds. The minimum Gasteiger partial charge on any atom is -0.508 e. The van der Waals surface area contributed by atoms with Crippen LogP contribution in [0.25, 0.3) is 0 Å². The predicted molar refractivity (Wildman–Crippen MR) is 44.0 cm³/mol. The van der Waals surface area contributed by atoms with Gasteiger partial charge in [-0.15, -0.1) is 0 Å². The molecule has 4 heteroatoms. The third-order valence-electron chi connectivity index (χ3n) is 1.63. The van der Waals surface area contributed by atoms with E-state index in [0.717, 1.165) is 0 Å². The van der Waals surface area contributed by atoms with E-state index >= 15 is 0 Å². The van der Waals surface area contributed by atoms with Gasteiger partial charge in [0.1, 0.15) is 11.6 Å². The van der Waals surface area contributed by atoms with E-state index in [2.05, 4.69) is 0 Å². The van der Waals surface area contributed by atoms with Crippen molar-refractivity contribution in [3.8, 4) is 5.75 Å². The highest BCUT2D eigenvalue weighted by Gasteiger charge is 2.09. The fourth-order valence-electron chi connectivity index (χ4n) is 0.942. The Kier molecular flexibility index (Phi) is 2.62. The van der Waals surface area contributed by atoms with Gasteiger partial charge < -0.3 is 16.6 Å². The molecule has 0 bridgehead atoms. The van der Waals surface area contributed by atoms with Gasteiger partial charge in [0.15, 0.2) is 0 Å². The van der Waals surface area contributed by atoms with Crippen LogP contribution in [0.2, 0.25) is 0 Å². The van der Waals surface area contributed by atoms with Gasteiger partial charge in [0.25, 0.3) is 0 Å². The van der Waals surface area contributed by atoms with Gasteiger partial charge in [-0.25, -0.2) is 4.39 Å². The lowest BCUT2D eigenvalue weighted by Crippen LogP contribution is -2.21. The highest BCUT2D eigenvalue weighted by molar-refractivity contribution is 5.30. The average molecular weight is 170 g/mol. The van der Waals surface area contributed by atoms with Crippen LogP contribution in [0, 0.1) is 5.82 Å². The Labute approximate surface area is 69.8 Å². The molecule has 1 aromatic carbocycles. The van der Waals surface area contributed by atoms with E-state index in [1.807, 2.05) is 0 Å². The number of halogens is 1. The van der Waals surface area contributed by atoms with E-state index in [9.17, 15) is 4.39 Å². The number of phenols is 1. The molecular formula is C8H11FN2O. The number of aromatic hydroxyl groups is 1. The average Bonchev–Trinajstić information content (AvgIpc) is 2.08. The van der Waals surface area contributed by atoms with Crippen molar-refractivity contribution in [3.63, 3.8) is 0 Å². The fourth-order valence-corrected chi connectivity index (χ4v) is 0.942. The van der Waals surface area contributed by atoms with E-state index < -0.39 is 11.9 Å². The zero-order valence-corrected chi connectivity index (χ0v) is 6.50. The molecule has 0 aliphatic heterocycles. The topological polar surface area (TPSA) is 72.3 Å². The molecule has 0 unspecified atom stereocenters. The maximum Gasteiger partial charge on any atom is 0.128 e. The standard InChI is InChI=1S/C8H11FN2O/c9-7-2-1-5(12)3-6(7)8(11)4-10/h1-3,8,12H,4,10-11H2/t8-/m1/s1. The molecule has 0 saturated heterocycles. The first-order valence-corrected chi connectivity index (χ1v) is 3.59. The summed E-state index contributed by atoms with van der Waals surface area (Å²) in [4.78, 5) is 0. The molecule has 12 heavy (non-hydrogen) atoms. The summed E-state index contributed by atoms with van der Waals surface area (Å²) in [6.45, 7) is 0.153. The third kappa shape index (κ3) is 1.72. The molecule has 0 saturated carbocycles. The molecule has 0 aliphatic carbocycles. The van der Waals surface area contributed by atoms with Gasteiger partial charge in [0.2, 0.25) is 0 Å². The SMILES string of the molecule is NC[C@@H](N)c1cc(O)ccc1F. The highest BCUT2D eigenvalue weighted by atomic mass is 19.1. The molecule has 1 aromatic rings. The lowest BCUT2D eigenvalue weighted by Gasteiger charge is -2.09. The minimum atomic E-state index is -0.558. The van der Waals surface area contributed by atoms with Crippen LogP contribution < -0.4 is 11.5 Å². The van der Waals surface area contributed by atoms with Crippen LogP contribution in [0.4, 0.5) is 4.39 Å². The Hall–Kier alpha value is -1.13. The lowest BCUT2D eigenvalue weighted by molar-refractivity contribution is 0.469. The molecular weight excluding hydrogens is 159 g/mol. The summed E-state index contributed by atoms with van der Waals surface area (Å²) >= 11 is 0. The summed E-state index contributed by atoms with van der Waals surface area (Å²) in [7, 11) is 0. The van der Waals surface area contributed by atoms with Crippen molar-refractivity contribution in [2.45, 2.75) is 6.04 Å².